The summed E-state index contributed by atoms with van der Waals surface area (Å²) in [5.74, 6) is 0.671. The second kappa shape index (κ2) is 5.82. The summed E-state index contributed by atoms with van der Waals surface area (Å²) in [5.41, 5.74) is 3.12. The maximum atomic E-state index is 13.2. The lowest BCUT2D eigenvalue weighted by molar-refractivity contribution is 0.0672. The molecule has 2 bridgehead atoms. The van der Waals surface area contributed by atoms with Crippen molar-refractivity contribution in [2.24, 2.45) is 0 Å². The first kappa shape index (κ1) is 16.1. The number of fused-ring (bicyclic) bond motifs is 3. The quantitative estimate of drug-likeness (QED) is 0.894. The van der Waals surface area contributed by atoms with E-state index in [1.807, 2.05) is 23.4 Å². The van der Waals surface area contributed by atoms with E-state index < -0.39 is 0 Å². The summed E-state index contributed by atoms with van der Waals surface area (Å²) in [6, 6.07) is 0.172. The summed E-state index contributed by atoms with van der Waals surface area (Å²) in [5, 5.41) is 4.31. The first-order chi connectivity index (χ1) is 12.0. The van der Waals surface area contributed by atoms with Crippen LogP contribution in [-0.4, -0.2) is 42.6 Å². The summed E-state index contributed by atoms with van der Waals surface area (Å²) in [4.78, 5) is 34.9. The van der Waals surface area contributed by atoms with Crippen molar-refractivity contribution in [1.82, 2.24) is 24.6 Å². The Bertz CT molecular complexity index is 897. The fourth-order valence-electron chi connectivity index (χ4n) is 4.31. The Morgan fingerprint density at radius 3 is 2.68 bits per heavy atom. The summed E-state index contributed by atoms with van der Waals surface area (Å²) in [6.07, 6.45) is 4.81. The van der Waals surface area contributed by atoms with Crippen molar-refractivity contribution in [3.63, 3.8) is 0 Å². The number of rotatable bonds is 2. The van der Waals surface area contributed by atoms with Gasteiger partial charge < -0.3 is 9.88 Å². The van der Waals surface area contributed by atoms with Crippen molar-refractivity contribution in [2.75, 3.05) is 0 Å². The molecule has 132 valence electrons. The molecule has 4 heterocycles. The Hall–Kier alpha value is -2.44. The van der Waals surface area contributed by atoms with E-state index in [1.54, 1.807) is 13.1 Å². The maximum absolute atomic E-state index is 13.2. The van der Waals surface area contributed by atoms with Gasteiger partial charge in [0.2, 0.25) is 0 Å². The van der Waals surface area contributed by atoms with Gasteiger partial charge in [0.05, 0.1) is 17.5 Å². The number of aromatic nitrogens is 4. The molecule has 7 nitrogen and oxygen atoms in total. The van der Waals surface area contributed by atoms with Gasteiger partial charge in [0.1, 0.15) is 5.82 Å². The SMILES string of the molecule is CCn1ncc(C(=O)N2C3CCC2Cc2c(nc(C)[nH]c2=O)C3)c1C. The molecule has 2 aliphatic rings. The van der Waals surface area contributed by atoms with Gasteiger partial charge in [-0.1, -0.05) is 0 Å². The number of H-pyrrole nitrogens is 1. The number of hydrogen-bond acceptors (Lipinski definition) is 4. The van der Waals surface area contributed by atoms with Crippen molar-refractivity contribution in [3.8, 4) is 0 Å². The number of carbonyl (C=O) groups excluding carboxylic acids is 1. The molecule has 1 amide bonds. The van der Waals surface area contributed by atoms with Gasteiger partial charge in [-0.25, -0.2) is 4.98 Å². The van der Waals surface area contributed by atoms with Crippen LogP contribution in [0.15, 0.2) is 11.0 Å². The van der Waals surface area contributed by atoms with Crippen LogP contribution in [0, 0.1) is 13.8 Å². The van der Waals surface area contributed by atoms with E-state index in [-0.39, 0.29) is 23.6 Å². The van der Waals surface area contributed by atoms with Crippen molar-refractivity contribution in [1.29, 1.82) is 0 Å². The average molecular weight is 341 g/mol. The Labute approximate surface area is 146 Å². The second-order valence-corrected chi connectivity index (χ2v) is 7.04. The average Bonchev–Trinajstić information content (AvgIpc) is 3.07. The monoisotopic (exact) mass is 341 g/mol. The van der Waals surface area contributed by atoms with Gasteiger partial charge in [0.25, 0.3) is 11.5 Å². The highest BCUT2D eigenvalue weighted by Crippen LogP contribution is 2.34. The molecule has 1 saturated heterocycles. The lowest BCUT2D eigenvalue weighted by Gasteiger charge is -2.28. The van der Waals surface area contributed by atoms with Gasteiger partial charge in [0.15, 0.2) is 0 Å². The summed E-state index contributed by atoms with van der Waals surface area (Å²) >= 11 is 0. The first-order valence-electron chi connectivity index (χ1n) is 8.93. The molecule has 1 fully saturated rings. The van der Waals surface area contributed by atoms with E-state index in [1.165, 1.54) is 0 Å². The molecule has 2 unspecified atom stereocenters. The summed E-state index contributed by atoms with van der Waals surface area (Å²) < 4.78 is 1.84. The van der Waals surface area contributed by atoms with E-state index in [9.17, 15) is 9.59 Å². The van der Waals surface area contributed by atoms with Crippen molar-refractivity contribution >= 4 is 5.91 Å². The van der Waals surface area contributed by atoms with Crippen molar-refractivity contribution in [3.05, 3.63) is 44.9 Å². The first-order valence-corrected chi connectivity index (χ1v) is 8.93. The molecule has 1 N–H and O–H groups in total. The normalized spacial score (nSPS) is 22.0. The van der Waals surface area contributed by atoms with Gasteiger partial charge in [0, 0.05) is 42.7 Å². The molecule has 2 atom stereocenters. The minimum Gasteiger partial charge on any atom is -0.332 e. The van der Waals surface area contributed by atoms with Crippen LogP contribution >= 0.6 is 0 Å². The van der Waals surface area contributed by atoms with Gasteiger partial charge in [-0.2, -0.15) is 5.10 Å². The molecule has 2 aromatic heterocycles. The van der Waals surface area contributed by atoms with Gasteiger partial charge >= 0.3 is 0 Å². The number of carbonyl (C=O) groups is 1. The lowest BCUT2D eigenvalue weighted by atomic mass is 9.98. The van der Waals surface area contributed by atoms with Crippen LogP contribution in [0.1, 0.15) is 52.9 Å². The van der Waals surface area contributed by atoms with Crippen LogP contribution in [0.4, 0.5) is 0 Å². The Kier molecular flexibility index (Phi) is 3.74. The number of aromatic amines is 1. The number of nitrogens with zero attached hydrogens (tertiary/aromatic N) is 4. The Balaban J connectivity index is 1.71. The second-order valence-electron chi connectivity index (χ2n) is 7.04. The van der Waals surface area contributed by atoms with Crippen LogP contribution < -0.4 is 5.56 Å². The van der Waals surface area contributed by atoms with Gasteiger partial charge in [-0.15, -0.1) is 0 Å². The zero-order valence-electron chi connectivity index (χ0n) is 14.9. The fourth-order valence-corrected chi connectivity index (χ4v) is 4.31. The van der Waals surface area contributed by atoms with Crippen LogP contribution in [0.5, 0.6) is 0 Å². The number of nitrogens with one attached hydrogen (secondary N) is 1. The fraction of sp³-hybridized carbons (Fsp3) is 0.556. The van der Waals surface area contributed by atoms with Crippen molar-refractivity contribution in [2.45, 2.75) is 65.1 Å². The van der Waals surface area contributed by atoms with Gasteiger partial charge in [-0.05, 0) is 33.6 Å². The molecule has 0 spiro atoms. The zero-order valence-corrected chi connectivity index (χ0v) is 14.9. The smallest absolute Gasteiger partial charge is 0.257 e. The number of aryl methyl sites for hydroxylation is 2. The molecule has 2 aromatic rings. The minimum atomic E-state index is -0.0579. The number of hydrogen-bond donors (Lipinski definition) is 1. The topological polar surface area (TPSA) is 83.9 Å². The van der Waals surface area contributed by atoms with Crippen LogP contribution in [0.2, 0.25) is 0 Å². The van der Waals surface area contributed by atoms with E-state index >= 15 is 0 Å². The standard InChI is InChI=1S/C18H23N5O2/c1-4-22-10(2)15(9-19-22)18(25)23-12-5-6-13(23)8-16-14(7-12)17(24)21-11(3)20-16/h9,12-13H,4-8H2,1-3H3,(H,20,21,24). The molecule has 0 aromatic carbocycles. The van der Waals surface area contributed by atoms with E-state index in [0.717, 1.165) is 36.3 Å². The third-order valence-corrected chi connectivity index (χ3v) is 5.58. The molecule has 2 aliphatic heterocycles. The predicted molar refractivity (Wildman–Crippen MR) is 92.6 cm³/mol. The van der Waals surface area contributed by atoms with E-state index in [2.05, 4.69) is 15.1 Å². The minimum absolute atomic E-state index is 0.0330. The highest BCUT2D eigenvalue weighted by molar-refractivity contribution is 5.95. The molecular formula is C18H23N5O2. The summed E-state index contributed by atoms with van der Waals surface area (Å²) in [6.45, 7) is 6.50. The third kappa shape index (κ3) is 2.49. The predicted octanol–water partition coefficient (Wildman–Crippen LogP) is 1.38. The number of amides is 1. The van der Waals surface area contributed by atoms with Crippen LogP contribution in [0.25, 0.3) is 0 Å². The Morgan fingerprint density at radius 2 is 2.00 bits per heavy atom. The van der Waals surface area contributed by atoms with Crippen LogP contribution in [-0.2, 0) is 19.4 Å². The van der Waals surface area contributed by atoms with E-state index in [4.69, 9.17) is 0 Å². The molecular weight excluding hydrogens is 318 g/mol. The zero-order chi connectivity index (χ0) is 17.7. The largest absolute Gasteiger partial charge is 0.332 e. The molecule has 0 radical (unpaired) electrons. The van der Waals surface area contributed by atoms with Crippen LogP contribution in [0.3, 0.4) is 0 Å². The molecule has 0 aliphatic carbocycles. The lowest BCUT2D eigenvalue weighted by Crippen LogP contribution is -2.42. The van der Waals surface area contributed by atoms with Crippen molar-refractivity contribution < 1.29 is 4.79 Å². The highest BCUT2D eigenvalue weighted by Gasteiger charge is 2.41. The van der Waals surface area contributed by atoms with Gasteiger partial charge in [-0.3, -0.25) is 14.3 Å². The molecule has 7 heteroatoms. The highest BCUT2D eigenvalue weighted by atomic mass is 16.2. The van der Waals surface area contributed by atoms with E-state index in [0.29, 0.717) is 24.2 Å². The molecule has 25 heavy (non-hydrogen) atoms. The Morgan fingerprint density at radius 1 is 1.28 bits per heavy atom. The summed E-state index contributed by atoms with van der Waals surface area (Å²) in [7, 11) is 0. The third-order valence-electron chi connectivity index (χ3n) is 5.58. The molecule has 0 saturated carbocycles. The maximum Gasteiger partial charge on any atom is 0.257 e. The molecule has 4 rings (SSSR count).